The minimum Gasteiger partial charge on any atom is -0.461 e. The Balaban J connectivity index is 1.95. The third-order valence-electron chi connectivity index (χ3n) is 6.61. The Morgan fingerprint density at radius 1 is 1.10 bits per heavy atom. The highest BCUT2D eigenvalue weighted by atomic mass is 19.1. The molecule has 1 aliphatic heterocycles. The lowest BCUT2D eigenvalue weighted by molar-refractivity contribution is -0.0217. The zero-order valence-electron chi connectivity index (χ0n) is 23.7. The average molecular weight is 562 g/mol. The number of nitrogens with zero attached hydrogens (tertiary/aromatic N) is 3. The summed E-state index contributed by atoms with van der Waals surface area (Å²) in [6.45, 7) is 10.3. The van der Waals surface area contributed by atoms with Crippen LogP contribution in [0, 0.1) is 17.6 Å². The zero-order valence-corrected chi connectivity index (χ0v) is 23.7. The van der Waals surface area contributed by atoms with Crippen molar-refractivity contribution in [3.63, 3.8) is 0 Å². The van der Waals surface area contributed by atoms with E-state index >= 15 is 8.78 Å². The molecule has 0 radical (unpaired) electrons. The van der Waals surface area contributed by atoms with Crippen LogP contribution in [0.25, 0.3) is 11.1 Å². The lowest BCUT2D eigenvalue weighted by atomic mass is 9.80. The van der Waals surface area contributed by atoms with Gasteiger partial charge in [-0.25, -0.2) is 27.7 Å². The first-order chi connectivity index (χ1) is 18.6. The van der Waals surface area contributed by atoms with Crippen LogP contribution in [0.1, 0.15) is 66.0 Å². The molecule has 1 aromatic heterocycles. The number of ether oxygens (including phenoxy) is 3. The number of rotatable bonds is 4. The van der Waals surface area contributed by atoms with Gasteiger partial charge in [0.25, 0.3) is 0 Å². The molecule has 11 heteroatoms. The second-order valence-electron chi connectivity index (χ2n) is 12.0. The summed E-state index contributed by atoms with van der Waals surface area (Å²) in [5.74, 6) is -2.05. The van der Waals surface area contributed by atoms with Crippen LogP contribution in [-0.2, 0) is 26.2 Å². The van der Waals surface area contributed by atoms with Gasteiger partial charge in [-0.05, 0) is 83.7 Å². The second kappa shape index (κ2) is 10.4. The van der Waals surface area contributed by atoms with Crippen molar-refractivity contribution in [2.24, 2.45) is 10.9 Å². The average Bonchev–Trinajstić information content (AvgIpc) is 3.60. The lowest BCUT2D eigenvalue weighted by Gasteiger charge is -2.45. The molecule has 2 amide bonds. The van der Waals surface area contributed by atoms with Gasteiger partial charge in [0.1, 0.15) is 41.2 Å². The summed E-state index contributed by atoms with van der Waals surface area (Å²) in [4.78, 5) is 34.9. The summed E-state index contributed by atoms with van der Waals surface area (Å²) in [6, 6.07) is 3.36. The summed E-state index contributed by atoms with van der Waals surface area (Å²) in [7, 11) is 0. The van der Waals surface area contributed by atoms with Gasteiger partial charge in [0, 0.05) is 23.2 Å². The molecule has 1 saturated heterocycles. The van der Waals surface area contributed by atoms with Gasteiger partial charge < -0.3 is 14.2 Å². The summed E-state index contributed by atoms with van der Waals surface area (Å²) in [6.07, 6.45) is 0.332. The Morgan fingerprint density at radius 3 is 2.35 bits per heavy atom. The number of aliphatic imine (C=N–C) groups is 1. The van der Waals surface area contributed by atoms with Gasteiger partial charge in [-0.3, -0.25) is 4.98 Å². The molecule has 4 rings (SSSR count). The molecule has 1 aromatic carbocycles. The van der Waals surface area contributed by atoms with Crippen molar-refractivity contribution in [2.45, 2.75) is 84.2 Å². The summed E-state index contributed by atoms with van der Waals surface area (Å²) < 4.78 is 62.3. The van der Waals surface area contributed by atoms with Crippen LogP contribution < -0.4 is 0 Å². The fraction of sp³-hybridized carbons (Fsp3) is 0.517. The zero-order chi connectivity index (χ0) is 29.6. The van der Waals surface area contributed by atoms with E-state index in [4.69, 9.17) is 14.2 Å². The van der Waals surface area contributed by atoms with Gasteiger partial charge in [-0.15, -0.1) is 4.99 Å². The van der Waals surface area contributed by atoms with E-state index in [1.165, 1.54) is 24.4 Å². The molecular formula is C29H34F3N3O5. The van der Waals surface area contributed by atoms with Crippen molar-refractivity contribution in [3.8, 4) is 11.1 Å². The largest absolute Gasteiger partial charge is 0.461 e. The van der Waals surface area contributed by atoms with Gasteiger partial charge in [0.05, 0.1) is 6.20 Å². The fourth-order valence-electron chi connectivity index (χ4n) is 4.93. The number of hydrogen-bond acceptors (Lipinski definition) is 6. The van der Waals surface area contributed by atoms with Gasteiger partial charge in [0.15, 0.2) is 0 Å². The molecule has 1 unspecified atom stereocenters. The van der Waals surface area contributed by atoms with Gasteiger partial charge in [0.2, 0.25) is 0 Å². The number of aryl methyl sites for hydroxylation is 1. The van der Waals surface area contributed by atoms with Crippen molar-refractivity contribution in [2.75, 3.05) is 6.67 Å². The number of amides is 2. The molecular weight excluding hydrogens is 527 g/mol. The van der Waals surface area contributed by atoms with Crippen LogP contribution in [-0.4, -0.2) is 52.1 Å². The Kier molecular flexibility index (Phi) is 7.64. The van der Waals surface area contributed by atoms with Crippen LogP contribution in [0.2, 0.25) is 0 Å². The van der Waals surface area contributed by atoms with Gasteiger partial charge in [-0.1, -0.05) is 6.92 Å². The lowest BCUT2D eigenvalue weighted by Crippen LogP contribution is -2.61. The van der Waals surface area contributed by atoms with E-state index in [9.17, 15) is 14.0 Å². The molecule has 2 fully saturated rings. The number of aromatic nitrogens is 1. The smallest absolute Gasteiger partial charge is 0.438 e. The first kappa shape index (κ1) is 29.4. The predicted octanol–water partition coefficient (Wildman–Crippen LogP) is 6.70. The number of alkyl halides is 1. The topological polar surface area (TPSA) is 90.3 Å². The first-order valence-corrected chi connectivity index (χ1v) is 13.1. The Morgan fingerprint density at radius 2 is 1.77 bits per heavy atom. The van der Waals surface area contributed by atoms with Crippen molar-refractivity contribution in [1.29, 1.82) is 0 Å². The van der Waals surface area contributed by atoms with Gasteiger partial charge in [-0.2, -0.15) is 0 Å². The predicted molar refractivity (Wildman–Crippen MR) is 141 cm³/mol. The van der Waals surface area contributed by atoms with E-state index in [0.29, 0.717) is 23.1 Å². The molecule has 0 bridgehead atoms. The quantitative estimate of drug-likeness (QED) is 0.413. The number of carbonyl (C=O) groups is 2. The number of amidine groups is 1. The SMILES string of the molecule is CCc1cc(F)c([C@]2(CF)[C@H]3CC3OC(=NC(=O)OC(C)(C)C)N2C(=O)OC(C)(C)C)cc1-c1cncc(F)c1. The maximum absolute atomic E-state index is 16.0. The van der Waals surface area contributed by atoms with Crippen LogP contribution in [0.4, 0.5) is 22.8 Å². The maximum atomic E-state index is 16.0. The van der Waals surface area contributed by atoms with Crippen molar-refractivity contribution in [1.82, 2.24) is 9.88 Å². The molecule has 3 atom stereocenters. The molecule has 1 saturated carbocycles. The van der Waals surface area contributed by atoms with Gasteiger partial charge >= 0.3 is 18.2 Å². The molecule has 1 aliphatic carbocycles. The number of pyridine rings is 1. The Labute approximate surface area is 231 Å². The fourth-order valence-corrected chi connectivity index (χ4v) is 4.93. The molecule has 216 valence electrons. The number of fused-ring (bicyclic) bond motifs is 1. The molecule has 2 aromatic rings. The molecule has 2 heterocycles. The number of halogens is 3. The van der Waals surface area contributed by atoms with E-state index in [-0.39, 0.29) is 12.0 Å². The molecule has 0 spiro atoms. The Bertz CT molecular complexity index is 1350. The highest BCUT2D eigenvalue weighted by Gasteiger charge is 2.67. The molecule has 40 heavy (non-hydrogen) atoms. The standard InChI is InChI=1S/C29H34F3N3O5/c1-8-16-10-22(32)20(11-19(16)17-9-18(31)14-33-13-17)29(15-30)21-12-23(21)38-24(34-25(36)39-27(2,3)4)35(29)26(37)40-28(5,6)7/h9-11,13-14,21,23H,8,12,15H2,1-7H3/t21-,23?,29+/m0/s1. The number of carbonyl (C=O) groups excluding carboxylic acids is 2. The Hall–Kier alpha value is -3.63. The molecule has 0 N–H and O–H groups in total. The monoisotopic (exact) mass is 561 g/mol. The normalized spacial score (nSPS) is 23.4. The minimum absolute atomic E-state index is 0.176. The third kappa shape index (κ3) is 5.78. The molecule has 2 aliphatic rings. The van der Waals surface area contributed by atoms with E-state index in [0.717, 1.165) is 11.1 Å². The second-order valence-corrected chi connectivity index (χ2v) is 12.0. The summed E-state index contributed by atoms with van der Waals surface area (Å²) in [5, 5.41) is 0. The van der Waals surface area contributed by atoms with Crippen LogP contribution >= 0.6 is 0 Å². The van der Waals surface area contributed by atoms with Crippen molar-refractivity contribution < 1.29 is 37.0 Å². The van der Waals surface area contributed by atoms with E-state index in [1.807, 2.05) is 0 Å². The van der Waals surface area contributed by atoms with Crippen LogP contribution in [0.5, 0.6) is 0 Å². The van der Waals surface area contributed by atoms with E-state index in [2.05, 4.69) is 9.98 Å². The maximum Gasteiger partial charge on any atom is 0.438 e. The van der Waals surface area contributed by atoms with Crippen molar-refractivity contribution in [3.05, 3.63) is 53.4 Å². The minimum atomic E-state index is -1.97. The third-order valence-corrected chi connectivity index (χ3v) is 6.61. The van der Waals surface area contributed by atoms with E-state index in [1.54, 1.807) is 48.5 Å². The summed E-state index contributed by atoms with van der Waals surface area (Å²) in [5.41, 5.74) is -2.77. The number of benzene rings is 1. The highest BCUT2D eigenvalue weighted by Crippen LogP contribution is 2.56. The number of hydrogen-bond donors (Lipinski definition) is 0. The first-order valence-electron chi connectivity index (χ1n) is 13.1. The van der Waals surface area contributed by atoms with Crippen molar-refractivity contribution >= 4 is 18.2 Å². The van der Waals surface area contributed by atoms with Crippen LogP contribution in [0.3, 0.4) is 0 Å². The van der Waals surface area contributed by atoms with Crippen LogP contribution in [0.15, 0.2) is 35.6 Å². The molecule has 8 nitrogen and oxygen atoms in total. The van der Waals surface area contributed by atoms with E-state index < -0.39 is 65.3 Å². The summed E-state index contributed by atoms with van der Waals surface area (Å²) >= 11 is 0. The highest BCUT2D eigenvalue weighted by molar-refractivity contribution is 5.98.